The van der Waals surface area contributed by atoms with Crippen LogP contribution in [0.1, 0.15) is 36.8 Å². The van der Waals surface area contributed by atoms with E-state index >= 15 is 0 Å². The van der Waals surface area contributed by atoms with Gasteiger partial charge in [-0.25, -0.2) is 9.78 Å². The number of amides is 3. The van der Waals surface area contributed by atoms with Crippen molar-refractivity contribution in [1.29, 1.82) is 0 Å². The molecule has 1 aromatic rings. The topological polar surface area (TPSA) is 56.8 Å². The van der Waals surface area contributed by atoms with Crippen molar-refractivity contribution in [3.63, 3.8) is 0 Å². The Kier molecular flexibility index (Phi) is 3.88. The number of hydrogen-bond acceptors (Lipinski definition) is 5. The minimum Gasteiger partial charge on any atom is -0.312 e. The van der Waals surface area contributed by atoms with Crippen molar-refractivity contribution in [1.82, 2.24) is 19.7 Å². The molecule has 24 heavy (non-hydrogen) atoms. The van der Waals surface area contributed by atoms with Crippen LogP contribution >= 0.6 is 11.3 Å². The lowest BCUT2D eigenvalue weighted by molar-refractivity contribution is -0.128. The molecule has 0 saturated carbocycles. The third kappa shape index (κ3) is 2.45. The standard InChI is InChI=1S/C17H24N4O2S/c1-3-20-15(22)13-8-17(10-21(13)16(20)23)4-6-19(7-5-17)9-14-12(2)18-11-24-14/h11,13H,3-10H2,1-2H3. The number of imide groups is 1. The van der Waals surface area contributed by atoms with Crippen LogP contribution in [-0.2, 0) is 11.3 Å². The van der Waals surface area contributed by atoms with E-state index in [1.54, 1.807) is 11.3 Å². The molecule has 7 heteroatoms. The predicted molar refractivity (Wildman–Crippen MR) is 91.7 cm³/mol. The highest BCUT2D eigenvalue weighted by Gasteiger charge is 2.55. The highest BCUT2D eigenvalue weighted by atomic mass is 32.1. The summed E-state index contributed by atoms with van der Waals surface area (Å²) in [7, 11) is 0. The number of likely N-dealkylation sites (N-methyl/N-ethyl adjacent to an activating group) is 1. The Bertz CT molecular complexity index is 639. The second-order valence-corrected chi connectivity index (χ2v) is 8.29. The fourth-order valence-corrected chi connectivity index (χ4v) is 5.25. The molecule has 0 bridgehead atoms. The summed E-state index contributed by atoms with van der Waals surface area (Å²) in [6.45, 7) is 8.23. The van der Waals surface area contributed by atoms with Crippen molar-refractivity contribution in [3.05, 3.63) is 16.1 Å². The van der Waals surface area contributed by atoms with Crippen molar-refractivity contribution in [2.75, 3.05) is 26.2 Å². The van der Waals surface area contributed by atoms with Crippen molar-refractivity contribution >= 4 is 23.3 Å². The number of carbonyl (C=O) groups is 2. The molecule has 1 spiro atoms. The Hall–Kier alpha value is -1.47. The van der Waals surface area contributed by atoms with E-state index in [1.165, 1.54) is 9.78 Å². The number of rotatable bonds is 3. The van der Waals surface area contributed by atoms with Gasteiger partial charge in [0.2, 0.25) is 0 Å². The number of piperidine rings is 1. The Morgan fingerprint density at radius 1 is 1.33 bits per heavy atom. The smallest absolute Gasteiger partial charge is 0.312 e. The van der Waals surface area contributed by atoms with Gasteiger partial charge in [-0.1, -0.05) is 0 Å². The first kappa shape index (κ1) is 16.0. The minimum absolute atomic E-state index is 0.0158. The fourth-order valence-electron chi connectivity index (χ4n) is 4.43. The van der Waals surface area contributed by atoms with E-state index in [0.717, 1.165) is 51.1 Å². The summed E-state index contributed by atoms with van der Waals surface area (Å²) < 4.78 is 0. The van der Waals surface area contributed by atoms with Crippen LogP contribution in [-0.4, -0.2) is 63.8 Å². The van der Waals surface area contributed by atoms with Crippen LogP contribution in [0.2, 0.25) is 0 Å². The van der Waals surface area contributed by atoms with Gasteiger partial charge in [-0.3, -0.25) is 14.6 Å². The van der Waals surface area contributed by atoms with Crippen LogP contribution in [0.3, 0.4) is 0 Å². The Morgan fingerprint density at radius 3 is 2.67 bits per heavy atom. The summed E-state index contributed by atoms with van der Waals surface area (Å²) in [4.78, 5) is 36.2. The molecule has 3 amide bonds. The van der Waals surface area contributed by atoms with Gasteiger partial charge in [-0.05, 0) is 51.6 Å². The van der Waals surface area contributed by atoms with Gasteiger partial charge in [0.05, 0.1) is 11.2 Å². The molecular formula is C17H24N4O2S. The number of likely N-dealkylation sites (tertiary alicyclic amines) is 1. The maximum Gasteiger partial charge on any atom is 0.327 e. The molecule has 1 unspecified atom stereocenters. The van der Waals surface area contributed by atoms with E-state index in [2.05, 4.69) is 16.8 Å². The maximum absolute atomic E-state index is 12.4. The molecule has 3 aliphatic heterocycles. The number of urea groups is 1. The summed E-state index contributed by atoms with van der Waals surface area (Å²) in [5.74, 6) is 0.0158. The summed E-state index contributed by atoms with van der Waals surface area (Å²) in [6, 6.07) is -0.278. The van der Waals surface area contributed by atoms with Gasteiger partial charge >= 0.3 is 6.03 Å². The van der Waals surface area contributed by atoms with Gasteiger partial charge < -0.3 is 4.90 Å². The van der Waals surface area contributed by atoms with Crippen molar-refractivity contribution in [2.45, 2.75) is 45.7 Å². The predicted octanol–water partition coefficient (Wildman–Crippen LogP) is 2.09. The van der Waals surface area contributed by atoms with Crippen LogP contribution in [0.15, 0.2) is 5.51 Å². The van der Waals surface area contributed by atoms with Crippen LogP contribution in [0, 0.1) is 12.3 Å². The molecule has 0 radical (unpaired) electrons. The lowest BCUT2D eigenvalue weighted by Gasteiger charge is -2.39. The molecule has 1 aromatic heterocycles. The molecule has 6 nitrogen and oxygen atoms in total. The monoisotopic (exact) mass is 348 g/mol. The Labute approximate surface area is 146 Å². The van der Waals surface area contributed by atoms with Gasteiger partial charge in [0.25, 0.3) is 5.91 Å². The zero-order valence-electron chi connectivity index (χ0n) is 14.3. The van der Waals surface area contributed by atoms with Crippen LogP contribution in [0.4, 0.5) is 4.79 Å². The van der Waals surface area contributed by atoms with Crippen LogP contribution in [0.25, 0.3) is 0 Å². The van der Waals surface area contributed by atoms with Gasteiger partial charge in [-0.2, -0.15) is 0 Å². The lowest BCUT2D eigenvalue weighted by atomic mass is 9.76. The lowest BCUT2D eigenvalue weighted by Crippen LogP contribution is -2.43. The minimum atomic E-state index is -0.201. The van der Waals surface area contributed by atoms with E-state index < -0.39 is 0 Å². The molecule has 0 aromatic carbocycles. The molecule has 130 valence electrons. The summed E-state index contributed by atoms with van der Waals surface area (Å²) in [5, 5.41) is 0. The SMILES string of the molecule is CCN1C(=O)C2CC3(CCN(Cc4scnc4C)CC3)CN2C1=O. The summed E-state index contributed by atoms with van der Waals surface area (Å²) in [5.41, 5.74) is 3.20. The van der Waals surface area contributed by atoms with E-state index in [4.69, 9.17) is 0 Å². The summed E-state index contributed by atoms with van der Waals surface area (Å²) in [6.07, 6.45) is 3.00. The van der Waals surface area contributed by atoms with Gasteiger partial charge in [0, 0.05) is 24.5 Å². The average molecular weight is 348 g/mol. The largest absolute Gasteiger partial charge is 0.327 e. The Balaban J connectivity index is 1.39. The van der Waals surface area contributed by atoms with Gasteiger partial charge in [0.1, 0.15) is 6.04 Å². The molecular weight excluding hydrogens is 324 g/mol. The van der Waals surface area contributed by atoms with Crippen LogP contribution in [0.5, 0.6) is 0 Å². The molecule has 3 aliphatic rings. The number of carbonyl (C=O) groups excluding carboxylic acids is 2. The van der Waals surface area contributed by atoms with Gasteiger partial charge in [-0.15, -0.1) is 11.3 Å². The van der Waals surface area contributed by atoms with Crippen molar-refractivity contribution < 1.29 is 9.59 Å². The number of nitrogens with zero attached hydrogens (tertiary/aromatic N) is 4. The number of hydrogen-bond donors (Lipinski definition) is 0. The van der Waals surface area contributed by atoms with Crippen molar-refractivity contribution in [2.24, 2.45) is 5.41 Å². The molecule has 0 N–H and O–H groups in total. The summed E-state index contributed by atoms with van der Waals surface area (Å²) >= 11 is 1.73. The van der Waals surface area contributed by atoms with Crippen LogP contribution < -0.4 is 0 Å². The maximum atomic E-state index is 12.4. The normalized spacial score (nSPS) is 26.7. The fraction of sp³-hybridized carbons (Fsp3) is 0.706. The Morgan fingerprint density at radius 2 is 2.08 bits per heavy atom. The third-order valence-electron chi connectivity index (χ3n) is 5.98. The van der Waals surface area contributed by atoms with E-state index in [0.29, 0.717) is 6.54 Å². The van der Waals surface area contributed by atoms with E-state index in [-0.39, 0.29) is 23.4 Å². The van der Waals surface area contributed by atoms with E-state index in [9.17, 15) is 9.59 Å². The number of fused-ring (bicyclic) bond motifs is 1. The highest BCUT2D eigenvalue weighted by molar-refractivity contribution is 7.09. The number of thiazole rings is 1. The first-order chi connectivity index (χ1) is 11.5. The first-order valence-electron chi connectivity index (χ1n) is 8.76. The van der Waals surface area contributed by atoms with Crippen molar-refractivity contribution in [3.8, 4) is 0 Å². The first-order valence-corrected chi connectivity index (χ1v) is 9.64. The number of aryl methyl sites for hydroxylation is 1. The van der Waals surface area contributed by atoms with Gasteiger partial charge in [0.15, 0.2) is 0 Å². The molecule has 3 fully saturated rings. The molecule has 3 saturated heterocycles. The molecule has 4 heterocycles. The zero-order valence-corrected chi connectivity index (χ0v) is 15.1. The van der Waals surface area contributed by atoms with E-state index in [1.807, 2.05) is 17.3 Å². The second kappa shape index (κ2) is 5.81. The average Bonchev–Trinajstić information content (AvgIpc) is 3.20. The quantitative estimate of drug-likeness (QED) is 0.785. The molecule has 4 rings (SSSR count). The second-order valence-electron chi connectivity index (χ2n) is 7.35. The molecule has 1 atom stereocenters. The highest BCUT2D eigenvalue weighted by Crippen LogP contribution is 2.46. The molecule has 0 aliphatic carbocycles. The third-order valence-corrected chi connectivity index (χ3v) is 6.90. The number of aromatic nitrogens is 1. The zero-order chi connectivity index (χ0) is 16.9.